The molecule has 0 unspecified atom stereocenters. The molecule has 6 rings (SSSR count). The summed E-state index contributed by atoms with van der Waals surface area (Å²) < 4.78 is 23.8. The van der Waals surface area contributed by atoms with Gasteiger partial charge in [0, 0.05) is 69.8 Å². The minimum absolute atomic E-state index is 0.0754. The number of carbonyl (C=O) groups is 1. The number of fused-ring (bicyclic) bond motifs is 2. The highest BCUT2D eigenvalue weighted by atomic mass is 16.5. The number of esters is 1. The number of likely N-dealkylation sites (tertiary alicyclic amines) is 1. The number of piperidine rings is 1. The molecular formula is C26H41NO8. The van der Waals surface area contributed by atoms with Crippen molar-refractivity contribution < 1.29 is 39.1 Å². The molecule has 13 atom stereocenters. The number of ether oxygens (including phenoxy) is 4. The van der Waals surface area contributed by atoms with Crippen LogP contribution in [0, 0.1) is 34.5 Å². The van der Waals surface area contributed by atoms with Gasteiger partial charge in [-0.2, -0.15) is 0 Å². The van der Waals surface area contributed by atoms with Crippen molar-refractivity contribution in [1.82, 2.24) is 4.90 Å². The number of nitrogens with zero attached hydrogens (tertiary/aromatic N) is 1. The van der Waals surface area contributed by atoms with Crippen molar-refractivity contribution in [2.75, 3.05) is 41.0 Å². The van der Waals surface area contributed by atoms with Crippen LogP contribution in [-0.4, -0.2) is 109 Å². The first kappa shape index (κ1) is 24.5. The van der Waals surface area contributed by atoms with E-state index < -0.39 is 40.3 Å². The summed E-state index contributed by atoms with van der Waals surface area (Å²) in [4.78, 5) is 14.2. The van der Waals surface area contributed by atoms with Crippen LogP contribution in [0.1, 0.15) is 39.5 Å². The zero-order chi connectivity index (χ0) is 25.1. The molecule has 3 N–H and O–H groups in total. The predicted molar refractivity (Wildman–Crippen MR) is 123 cm³/mol. The molecular weight excluding hydrogens is 454 g/mol. The Hall–Kier alpha value is -0.810. The van der Waals surface area contributed by atoms with Crippen LogP contribution in [0.15, 0.2) is 0 Å². The van der Waals surface area contributed by atoms with E-state index >= 15 is 0 Å². The molecule has 9 heteroatoms. The van der Waals surface area contributed by atoms with Gasteiger partial charge in [0.1, 0.15) is 11.2 Å². The Bertz CT molecular complexity index is 903. The first-order valence-corrected chi connectivity index (χ1v) is 13.2. The molecule has 6 aliphatic rings. The largest absolute Gasteiger partial charge is 0.465 e. The number of hydrogen-bond acceptors (Lipinski definition) is 9. The molecule has 1 heterocycles. The van der Waals surface area contributed by atoms with Gasteiger partial charge in [0.15, 0.2) is 0 Å². The van der Waals surface area contributed by atoms with E-state index in [1.54, 1.807) is 21.3 Å². The fourth-order valence-corrected chi connectivity index (χ4v) is 10.9. The van der Waals surface area contributed by atoms with Gasteiger partial charge in [-0.25, -0.2) is 0 Å². The zero-order valence-corrected chi connectivity index (χ0v) is 21.5. The number of aliphatic hydroxyl groups is 3. The number of aliphatic hydroxyl groups excluding tert-OH is 1. The summed E-state index contributed by atoms with van der Waals surface area (Å²) in [5.74, 6) is -0.954. The highest BCUT2D eigenvalue weighted by Crippen LogP contribution is 2.80. The number of carbonyl (C=O) groups excluding carboxylic acids is 1. The third kappa shape index (κ3) is 2.48. The molecule has 5 saturated carbocycles. The van der Waals surface area contributed by atoms with Crippen LogP contribution in [0.5, 0.6) is 0 Å². The quantitative estimate of drug-likeness (QED) is 0.444. The topological polar surface area (TPSA) is 118 Å². The Morgan fingerprint density at radius 2 is 1.89 bits per heavy atom. The molecule has 0 aromatic carbocycles. The molecule has 0 aromatic rings. The third-order valence-electron chi connectivity index (χ3n) is 11.6. The summed E-state index contributed by atoms with van der Waals surface area (Å²) in [6.45, 7) is 4.96. The highest BCUT2D eigenvalue weighted by molar-refractivity contribution is 5.66. The molecule has 0 radical (unpaired) electrons. The van der Waals surface area contributed by atoms with Gasteiger partial charge in [0.05, 0.1) is 37.1 Å². The maximum atomic E-state index is 13.0. The summed E-state index contributed by atoms with van der Waals surface area (Å²) in [5.41, 5.74) is -4.35. The van der Waals surface area contributed by atoms with Crippen LogP contribution in [0.25, 0.3) is 0 Å². The summed E-state index contributed by atoms with van der Waals surface area (Å²) in [6, 6.07) is -0.478. The average Bonchev–Trinajstić information content (AvgIpc) is 3.25. The van der Waals surface area contributed by atoms with E-state index in [-0.39, 0.29) is 48.5 Å². The smallest absolute Gasteiger partial charge is 0.302 e. The molecule has 5 aliphatic carbocycles. The second-order valence-electron chi connectivity index (χ2n) is 12.3. The second kappa shape index (κ2) is 7.62. The lowest BCUT2D eigenvalue weighted by molar-refractivity contribution is -0.318. The normalized spacial score (nSPS) is 57.9. The first-order chi connectivity index (χ1) is 16.6. The van der Waals surface area contributed by atoms with E-state index in [1.807, 2.05) is 0 Å². The van der Waals surface area contributed by atoms with Crippen molar-refractivity contribution in [2.24, 2.45) is 34.5 Å². The van der Waals surface area contributed by atoms with E-state index in [9.17, 15) is 20.1 Å². The number of likely N-dealkylation sites (N-methyl/N-ethyl adjacent to an activating group) is 1. The zero-order valence-electron chi connectivity index (χ0n) is 21.5. The first-order valence-electron chi connectivity index (χ1n) is 13.2. The molecule has 198 valence electrons. The van der Waals surface area contributed by atoms with Crippen LogP contribution in [-0.2, 0) is 23.7 Å². The molecule has 9 nitrogen and oxygen atoms in total. The van der Waals surface area contributed by atoms with Crippen molar-refractivity contribution in [2.45, 2.75) is 81.2 Å². The Kier molecular flexibility index (Phi) is 5.34. The highest BCUT2D eigenvalue weighted by Gasteiger charge is 2.91. The maximum absolute atomic E-state index is 13.0. The van der Waals surface area contributed by atoms with Crippen LogP contribution < -0.4 is 0 Å². The van der Waals surface area contributed by atoms with E-state index in [1.165, 1.54) is 6.92 Å². The lowest BCUT2D eigenvalue weighted by Crippen LogP contribution is -2.82. The van der Waals surface area contributed by atoms with E-state index in [0.717, 1.165) is 6.42 Å². The summed E-state index contributed by atoms with van der Waals surface area (Å²) >= 11 is 0. The lowest BCUT2D eigenvalue weighted by Gasteiger charge is -2.69. The molecule has 6 fully saturated rings. The molecule has 0 aromatic heterocycles. The molecule has 1 spiro atoms. The van der Waals surface area contributed by atoms with Gasteiger partial charge in [0.2, 0.25) is 0 Å². The van der Waals surface area contributed by atoms with Crippen molar-refractivity contribution in [3.05, 3.63) is 0 Å². The SMILES string of the molecule is CCN1C[C@]2(COC(C)=O)CC[C@H](O)[C@@]34[C@@H]5C[C@H]6[C@H](OC)[C@@H]5[C@](O)(C[C@@H]6OC)[C@](O)([C@@H](OC)[C@H]23)[C@@H]14. The Labute approximate surface area is 207 Å². The van der Waals surface area contributed by atoms with Crippen molar-refractivity contribution >= 4 is 5.97 Å². The molecule has 1 saturated heterocycles. The fourth-order valence-electron chi connectivity index (χ4n) is 10.9. The van der Waals surface area contributed by atoms with Gasteiger partial charge in [-0.1, -0.05) is 6.92 Å². The summed E-state index contributed by atoms with van der Waals surface area (Å²) in [6.07, 6.45) is 0.349. The van der Waals surface area contributed by atoms with Gasteiger partial charge in [-0.15, -0.1) is 0 Å². The van der Waals surface area contributed by atoms with Gasteiger partial charge >= 0.3 is 5.97 Å². The van der Waals surface area contributed by atoms with Gasteiger partial charge in [0.25, 0.3) is 0 Å². The third-order valence-corrected chi connectivity index (χ3v) is 11.6. The van der Waals surface area contributed by atoms with Crippen molar-refractivity contribution in [1.29, 1.82) is 0 Å². The lowest BCUT2D eigenvalue weighted by atomic mass is 9.42. The number of hydrogen-bond donors (Lipinski definition) is 3. The predicted octanol–water partition coefficient (Wildman–Crippen LogP) is 0.188. The summed E-state index contributed by atoms with van der Waals surface area (Å²) in [7, 11) is 4.93. The minimum atomic E-state index is -1.64. The Morgan fingerprint density at radius 1 is 1.14 bits per heavy atom. The minimum Gasteiger partial charge on any atom is -0.465 e. The van der Waals surface area contributed by atoms with Crippen LogP contribution >= 0.6 is 0 Å². The Morgan fingerprint density at radius 3 is 2.49 bits per heavy atom. The van der Waals surface area contributed by atoms with Crippen LogP contribution in [0.2, 0.25) is 0 Å². The molecule has 1 aliphatic heterocycles. The fraction of sp³-hybridized carbons (Fsp3) is 0.962. The van der Waals surface area contributed by atoms with Crippen molar-refractivity contribution in [3.8, 4) is 0 Å². The second-order valence-corrected chi connectivity index (χ2v) is 12.3. The maximum Gasteiger partial charge on any atom is 0.302 e. The van der Waals surface area contributed by atoms with E-state index in [0.29, 0.717) is 32.4 Å². The standard InChI is InChI=1S/C26H41NO8/c1-6-27-11-23(12-35-13(2)28)8-7-17(29)25-15-9-14-16(32-3)10-24(30,18(15)19(14)33-4)26(31,22(25)27)21(34-5)20(23)25/h14-22,29-31H,6-12H2,1-5H3/t14-,15-,16+,17+,18-,19+,20-,21+,22+,23+,24-,25+,26+/m1/s1. The number of methoxy groups -OCH3 is 3. The van der Waals surface area contributed by atoms with E-state index in [4.69, 9.17) is 18.9 Å². The summed E-state index contributed by atoms with van der Waals surface area (Å²) in [5, 5.41) is 37.7. The van der Waals surface area contributed by atoms with Crippen LogP contribution in [0.4, 0.5) is 0 Å². The molecule has 0 amide bonds. The Balaban J connectivity index is 1.63. The van der Waals surface area contributed by atoms with E-state index in [2.05, 4.69) is 11.8 Å². The molecule has 35 heavy (non-hydrogen) atoms. The van der Waals surface area contributed by atoms with Gasteiger partial charge in [-0.3, -0.25) is 9.69 Å². The van der Waals surface area contributed by atoms with Gasteiger partial charge < -0.3 is 34.3 Å². The van der Waals surface area contributed by atoms with Crippen molar-refractivity contribution in [3.63, 3.8) is 0 Å². The van der Waals surface area contributed by atoms with Gasteiger partial charge in [-0.05, 0) is 31.7 Å². The monoisotopic (exact) mass is 495 g/mol. The molecule has 7 bridgehead atoms. The van der Waals surface area contributed by atoms with Crippen LogP contribution in [0.3, 0.4) is 0 Å². The number of rotatable bonds is 6. The average molecular weight is 496 g/mol.